The molecule has 2 fully saturated rings. The number of hydrogen-bond acceptors (Lipinski definition) is 10. The molecule has 2 aromatic carbocycles. The van der Waals surface area contributed by atoms with Crippen LogP contribution in [-0.4, -0.2) is 78.5 Å². The molecule has 16 heteroatoms. The summed E-state index contributed by atoms with van der Waals surface area (Å²) in [5, 5.41) is 32.7. The van der Waals surface area contributed by atoms with E-state index in [1.165, 1.54) is 0 Å². The summed E-state index contributed by atoms with van der Waals surface area (Å²) >= 11 is 0. The fraction of sp³-hybridized carbons (Fsp3) is 0.400. The Labute approximate surface area is 206 Å². The molecular formula is C20H22N4O10S2. The fourth-order valence-electron chi connectivity index (χ4n) is 4.21. The highest BCUT2D eigenvalue weighted by Gasteiger charge is 2.46. The Balaban J connectivity index is 1.59. The van der Waals surface area contributed by atoms with Gasteiger partial charge in [-0.1, -0.05) is 0 Å². The summed E-state index contributed by atoms with van der Waals surface area (Å²) in [5.74, 6) is -1.85. The van der Waals surface area contributed by atoms with E-state index in [1.807, 2.05) is 0 Å². The lowest BCUT2D eigenvalue weighted by atomic mass is 10.1. The van der Waals surface area contributed by atoms with Crippen LogP contribution < -0.4 is 0 Å². The van der Waals surface area contributed by atoms with Crippen molar-refractivity contribution in [3.8, 4) is 0 Å². The van der Waals surface area contributed by atoms with Crippen LogP contribution in [0.5, 0.6) is 0 Å². The number of sulfonamides is 2. The van der Waals surface area contributed by atoms with Gasteiger partial charge in [0.05, 0.1) is 32.3 Å². The maximum absolute atomic E-state index is 13.2. The Hall–Kier alpha value is -3.02. The number of β-amino-alcohol motifs (C(OH)–C–C–N with tert-alkyl or cyclic N) is 1. The molecule has 2 saturated heterocycles. The maximum Gasteiger partial charge on any atom is 0.269 e. The highest BCUT2D eigenvalue weighted by Crippen LogP contribution is 2.32. The first-order valence-electron chi connectivity index (χ1n) is 10.7. The molecule has 0 spiro atoms. The molecule has 0 saturated carbocycles. The minimum Gasteiger partial charge on any atom is -0.364 e. The molecule has 0 amide bonds. The Kier molecular flexibility index (Phi) is 6.84. The molecule has 2 heterocycles. The summed E-state index contributed by atoms with van der Waals surface area (Å²) in [6.07, 6.45) is -0.923. The lowest BCUT2D eigenvalue weighted by Crippen LogP contribution is -2.61. The monoisotopic (exact) mass is 542 g/mol. The summed E-state index contributed by atoms with van der Waals surface area (Å²) in [6, 6.07) is 8.68. The van der Waals surface area contributed by atoms with Crippen LogP contribution in [-0.2, 0) is 24.8 Å². The molecule has 2 aliphatic heterocycles. The number of aliphatic hydroxyl groups is 1. The number of rotatable bonds is 6. The zero-order valence-electron chi connectivity index (χ0n) is 18.7. The van der Waals surface area contributed by atoms with Gasteiger partial charge >= 0.3 is 0 Å². The molecule has 2 aromatic rings. The number of nitro groups is 2. The fourth-order valence-corrected chi connectivity index (χ4v) is 7.24. The van der Waals surface area contributed by atoms with Gasteiger partial charge in [-0.05, 0) is 30.7 Å². The number of ether oxygens (including phenoxy) is 1. The van der Waals surface area contributed by atoms with E-state index in [0.717, 1.165) is 57.1 Å². The molecular weight excluding hydrogens is 520 g/mol. The second-order valence-electron chi connectivity index (χ2n) is 8.45. The molecule has 2 atom stereocenters. The minimum atomic E-state index is -4.19. The SMILES string of the molecule is O=[N+]([O-])c1ccc(S(=O)(=O)N2CCC[C@@]3(O)CN(S(=O)(=O)c4ccc([N+](=O)[O-])cc4)C[C@@H](C2)O3)cc1. The minimum absolute atomic E-state index is 0.0244. The van der Waals surface area contributed by atoms with Crippen LogP contribution in [0.15, 0.2) is 58.3 Å². The van der Waals surface area contributed by atoms with Gasteiger partial charge < -0.3 is 9.84 Å². The molecule has 36 heavy (non-hydrogen) atoms. The number of morpholine rings is 1. The van der Waals surface area contributed by atoms with E-state index < -0.39 is 48.3 Å². The highest BCUT2D eigenvalue weighted by molar-refractivity contribution is 7.89. The van der Waals surface area contributed by atoms with Crippen molar-refractivity contribution < 1.29 is 36.5 Å². The normalized spacial score (nSPS) is 24.0. The van der Waals surface area contributed by atoms with Crippen LogP contribution in [0.3, 0.4) is 0 Å². The molecule has 2 aliphatic rings. The Morgan fingerprint density at radius 2 is 1.28 bits per heavy atom. The number of benzene rings is 2. The molecule has 0 radical (unpaired) electrons. The van der Waals surface area contributed by atoms with Crippen LogP contribution in [0, 0.1) is 20.2 Å². The zero-order chi connectivity index (χ0) is 26.3. The Bertz CT molecular complexity index is 1380. The summed E-state index contributed by atoms with van der Waals surface area (Å²) in [5.41, 5.74) is -0.554. The van der Waals surface area contributed by atoms with Crippen molar-refractivity contribution in [2.75, 3.05) is 26.2 Å². The van der Waals surface area contributed by atoms with E-state index in [-0.39, 0.29) is 53.6 Å². The van der Waals surface area contributed by atoms with Crippen molar-refractivity contribution in [1.29, 1.82) is 0 Å². The first kappa shape index (κ1) is 26.1. The van der Waals surface area contributed by atoms with Crippen molar-refractivity contribution in [2.24, 2.45) is 0 Å². The van der Waals surface area contributed by atoms with Gasteiger partial charge in [0.25, 0.3) is 11.4 Å². The predicted molar refractivity (Wildman–Crippen MR) is 123 cm³/mol. The quantitative estimate of drug-likeness (QED) is 0.408. The van der Waals surface area contributed by atoms with E-state index in [0.29, 0.717) is 0 Å². The van der Waals surface area contributed by atoms with Crippen molar-refractivity contribution in [3.63, 3.8) is 0 Å². The molecule has 2 bridgehead atoms. The molecule has 1 N–H and O–H groups in total. The third-order valence-electron chi connectivity index (χ3n) is 5.97. The van der Waals surface area contributed by atoms with Gasteiger partial charge in [0, 0.05) is 50.3 Å². The Morgan fingerprint density at radius 1 is 0.833 bits per heavy atom. The number of fused-ring (bicyclic) bond motifs is 2. The molecule has 4 rings (SSSR count). The van der Waals surface area contributed by atoms with Crippen LogP contribution in [0.1, 0.15) is 12.8 Å². The first-order valence-corrected chi connectivity index (χ1v) is 13.6. The third-order valence-corrected chi connectivity index (χ3v) is 9.67. The van der Waals surface area contributed by atoms with E-state index in [1.54, 1.807) is 0 Å². The first-order chi connectivity index (χ1) is 16.8. The lowest BCUT2D eigenvalue weighted by molar-refractivity contribution is -0.385. The number of non-ortho nitro benzene ring substituents is 2. The molecule has 14 nitrogen and oxygen atoms in total. The second-order valence-corrected chi connectivity index (χ2v) is 12.3. The Morgan fingerprint density at radius 3 is 1.75 bits per heavy atom. The second kappa shape index (κ2) is 9.45. The van der Waals surface area contributed by atoms with Crippen LogP contribution in [0.25, 0.3) is 0 Å². The van der Waals surface area contributed by atoms with E-state index >= 15 is 0 Å². The molecule has 0 aliphatic carbocycles. The molecule has 0 aromatic heterocycles. The average molecular weight is 543 g/mol. The summed E-state index contributed by atoms with van der Waals surface area (Å²) < 4.78 is 60.7. The topological polar surface area (TPSA) is 190 Å². The van der Waals surface area contributed by atoms with Crippen molar-refractivity contribution in [2.45, 2.75) is 34.5 Å². The van der Waals surface area contributed by atoms with Crippen molar-refractivity contribution in [1.82, 2.24) is 8.61 Å². The highest BCUT2D eigenvalue weighted by atomic mass is 32.2. The van der Waals surface area contributed by atoms with Gasteiger partial charge in [0.15, 0.2) is 5.79 Å². The van der Waals surface area contributed by atoms with Gasteiger partial charge in [0.2, 0.25) is 20.0 Å². The third kappa shape index (κ3) is 5.09. The van der Waals surface area contributed by atoms with Gasteiger partial charge in [-0.15, -0.1) is 0 Å². The van der Waals surface area contributed by atoms with Crippen LogP contribution in [0.2, 0.25) is 0 Å². The predicted octanol–water partition coefficient (Wildman–Crippen LogP) is 1.07. The number of nitrogens with zero attached hydrogens (tertiary/aromatic N) is 4. The van der Waals surface area contributed by atoms with E-state index in [9.17, 15) is 42.2 Å². The summed E-state index contributed by atoms with van der Waals surface area (Å²) in [7, 11) is -8.29. The zero-order valence-corrected chi connectivity index (χ0v) is 20.3. The maximum atomic E-state index is 13.2. The lowest BCUT2D eigenvalue weighted by Gasteiger charge is -2.45. The van der Waals surface area contributed by atoms with Crippen molar-refractivity contribution >= 4 is 31.4 Å². The molecule has 0 unspecified atom stereocenters. The summed E-state index contributed by atoms with van der Waals surface area (Å²) in [6.45, 7) is -0.906. The van der Waals surface area contributed by atoms with Crippen LogP contribution >= 0.6 is 0 Å². The van der Waals surface area contributed by atoms with Crippen molar-refractivity contribution in [3.05, 3.63) is 68.8 Å². The van der Waals surface area contributed by atoms with Gasteiger partial charge in [0.1, 0.15) is 0 Å². The number of hydrogen-bond donors (Lipinski definition) is 1. The smallest absolute Gasteiger partial charge is 0.269 e. The van der Waals surface area contributed by atoms with E-state index in [4.69, 9.17) is 4.74 Å². The molecule has 194 valence electrons. The largest absolute Gasteiger partial charge is 0.364 e. The van der Waals surface area contributed by atoms with Gasteiger partial charge in [-0.3, -0.25) is 20.2 Å². The average Bonchev–Trinajstić information content (AvgIpc) is 2.82. The van der Waals surface area contributed by atoms with Gasteiger partial charge in [-0.2, -0.15) is 8.61 Å². The van der Waals surface area contributed by atoms with E-state index in [2.05, 4.69) is 0 Å². The van der Waals surface area contributed by atoms with Gasteiger partial charge in [-0.25, -0.2) is 16.8 Å². The number of nitro benzene ring substituents is 2. The summed E-state index contributed by atoms with van der Waals surface area (Å²) in [4.78, 5) is 20.1. The van der Waals surface area contributed by atoms with Crippen LogP contribution in [0.4, 0.5) is 11.4 Å². The standard InChI is InChI=1S/C20H22N4O10S2/c25-20-10-1-11-21(35(30,31)18-6-2-15(3-7-18)23(26)27)12-17(34-20)13-22(14-20)36(32,33)19-8-4-16(5-9-19)24(28)29/h2-9,17,25H,1,10-14H2/t17-,20+/m1/s1.